The molecule has 0 saturated carbocycles. The third-order valence-corrected chi connectivity index (χ3v) is 2.61. The number of nitro groups is 1. The van der Waals surface area contributed by atoms with Crippen LogP contribution in [0, 0.1) is 10.1 Å². The lowest BCUT2D eigenvalue weighted by atomic mass is 10.3. The predicted molar refractivity (Wildman–Crippen MR) is 70.3 cm³/mol. The van der Waals surface area contributed by atoms with Gasteiger partial charge in [0.2, 0.25) is 5.52 Å². The van der Waals surface area contributed by atoms with Gasteiger partial charge in [0.15, 0.2) is 11.2 Å². The van der Waals surface area contributed by atoms with Gasteiger partial charge >= 0.3 is 5.69 Å². The van der Waals surface area contributed by atoms with Crippen LogP contribution in [-0.4, -0.2) is 25.7 Å². The summed E-state index contributed by atoms with van der Waals surface area (Å²) in [7, 11) is 0. The summed E-state index contributed by atoms with van der Waals surface area (Å²) in [5.74, 6) is 0. The molecule has 0 aliphatic rings. The standard InChI is InChI=1S/C6H3N3O3.C6H4N2O/c10-9(11)4-2-1-3-5-6(4)7-8-12-5;1-2-4-6-5(3-1)7-8-9-6/h1-3H;1-4H. The molecule has 0 amide bonds. The van der Waals surface area contributed by atoms with E-state index in [1.165, 1.54) is 12.1 Å². The molecule has 9 heteroatoms. The Hall–Kier alpha value is -3.36. The second kappa shape index (κ2) is 5.33. The molecule has 0 saturated heterocycles. The molecule has 2 aromatic carbocycles. The van der Waals surface area contributed by atoms with Gasteiger partial charge in [0.1, 0.15) is 5.52 Å². The average molecular weight is 285 g/mol. The van der Waals surface area contributed by atoms with E-state index in [0.717, 1.165) is 11.1 Å². The van der Waals surface area contributed by atoms with Crippen LogP contribution in [0.4, 0.5) is 5.69 Å². The zero-order valence-corrected chi connectivity index (χ0v) is 10.4. The summed E-state index contributed by atoms with van der Waals surface area (Å²) in [6, 6.07) is 11.9. The molecule has 0 aliphatic heterocycles. The van der Waals surface area contributed by atoms with Gasteiger partial charge in [-0.2, -0.15) is 0 Å². The maximum absolute atomic E-state index is 10.4. The Morgan fingerprint density at radius 1 is 0.905 bits per heavy atom. The molecular weight excluding hydrogens is 278 g/mol. The van der Waals surface area contributed by atoms with E-state index >= 15 is 0 Å². The molecule has 104 valence electrons. The maximum Gasteiger partial charge on any atom is 0.300 e. The zero-order valence-electron chi connectivity index (χ0n) is 10.4. The molecule has 9 nitrogen and oxygen atoms in total. The topological polar surface area (TPSA) is 121 Å². The third kappa shape index (κ3) is 2.52. The van der Waals surface area contributed by atoms with Crippen LogP contribution in [0.1, 0.15) is 0 Å². The van der Waals surface area contributed by atoms with Crippen LogP contribution in [-0.2, 0) is 0 Å². The summed E-state index contributed by atoms with van der Waals surface area (Å²) >= 11 is 0. The highest BCUT2D eigenvalue weighted by Crippen LogP contribution is 2.21. The van der Waals surface area contributed by atoms with Gasteiger partial charge < -0.3 is 9.05 Å². The first-order valence-electron chi connectivity index (χ1n) is 5.78. The Labute approximate surface area is 116 Å². The van der Waals surface area contributed by atoms with Crippen LogP contribution >= 0.6 is 0 Å². The third-order valence-electron chi connectivity index (χ3n) is 2.61. The van der Waals surface area contributed by atoms with E-state index in [4.69, 9.17) is 4.52 Å². The Balaban J connectivity index is 0.000000131. The number of benzene rings is 2. The molecule has 0 bridgehead atoms. The molecule has 0 spiro atoms. The molecule has 4 rings (SSSR count). The minimum absolute atomic E-state index is 0.0891. The number of non-ortho nitro benzene ring substituents is 1. The van der Waals surface area contributed by atoms with Crippen molar-refractivity contribution < 1.29 is 14.0 Å². The van der Waals surface area contributed by atoms with E-state index in [9.17, 15) is 10.1 Å². The first kappa shape index (κ1) is 12.7. The summed E-state index contributed by atoms with van der Waals surface area (Å²) in [6.45, 7) is 0. The highest BCUT2D eigenvalue weighted by atomic mass is 16.6. The lowest BCUT2D eigenvalue weighted by molar-refractivity contribution is -0.383. The van der Waals surface area contributed by atoms with Crippen LogP contribution in [0.5, 0.6) is 0 Å². The smallest absolute Gasteiger partial charge is 0.300 e. The fourth-order valence-corrected chi connectivity index (χ4v) is 1.66. The fraction of sp³-hybridized carbons (Fsp3) is 0. The largest absolute Gasteiger partial charge is 0.337 e. The van der Waals surface area contributed by atoms with Gasteiger partial charge in [0.25, 0.3) is 0 Å². The lowest BCUT2D eigenvalue weighted by Gasteiger charge is -1.87. The van der Waals surface area contributed by atoms with Crippen molar-refractivity contribution in [1.29, 1.82) is 0 Å². The van der Waals surface area contributed by atoms with E-state index in [-0.39, 0.29) is 11.2 Å². The van der Waals surface area contributed by atoms with Crippen molar-refractivity contribution in [3.8, 4) is 0 Å². The Kier molecular flexibility index (Phi) is 3.21. The summed E-state index contributed by atoms with van der Waals surface area (Å²) in [5.41, 5.74) is 1.95. The van der Waals surface area contributed by atoms with Crippen LogP contribution < -0.4 is 0 Å². The van der Waals surface area contributed by atoms with Crippen molar-refractivity contribution in [2.75, 3.05) is 0 Å². The normalized spacial score (nSPS) is 10.3. The predicted octanol–water partition coefficient (Wildman–Crippen LogP) is 2.35. The highest BCUT2D eigenvalue weighted by molar-refractivity contribution is 5.81. The van der Waals surface area contributed by atoms with E-state index in [2.05, 4.69) is 25.3 Å². The molecule has 0 unspecified atom stereocenters. The number of nitro benzene ring substituents is 1. The van der Waals surface area contributed by atoms with E-state index in [0.29, 0.717) is 5.58 Å². The zero-order chi connectivity index (χ0) is 14.7. The van der Waals surface area contributed by atoms with Gasteiger partial charge in [-0.15, -0.1) is 10.2 Å². The number of para-hydroxylation sites is 1. The van der Waals surface area contributed by atoms with Gasteiger partial charge in [-0.1, -0.05) is 18.2 Å². The van der Waals surface area contributed by atoms with Gasteiger partial charge in [-0.05, 0) is 18.2 Å². The molecule has 0 aliphatic carbocycles. The Morgan fingerprint density at radius 3 is 2.43 bits per heavy atom. The molecule has 2 heterocycles. The van der Waals surface area contributed by atoms with Crippen LogP contribution in [0.2, 0.25) is 0 Å². The van der Waals surface area contributed by atoms with E-state index < -0.39 is 4.92 Å². The van der Waals surface area contributed by atoms with Gasteiger partial charge in [0, 0.05) is 16.6 Å². The first-order valence-corrected chi connectivity index (χ1v) is 5.78. The molecule has 21 heavy (non-hydrogen) atoms. The number of aromatic nitrogens is 4. The number of nitrogens with zero attached hydrogens (tertiary/aromatic N) is 5. The number of fused-ring (bicyclic) bond motifs is 2. The summed E-state index contributed by atoms with van der Waals surface area (Å²) in [5, 5.41) is 24.2. The quantitative estimate of drug-likeness (QED) is 0.386. The fourth-order valence-electron chi connectivity index (χ4n) is 1.66. The van der Waals surface area contributed by atoms with E-state index in [1.54, 1.807) is 6.07 Å². The van der Waals surface area contributed by atoms with Crippen molar-refractivity contribution in [3.05, 3.63) is 52.6 Å². The molecule has 0 fully saturated rings. The van der Waals surface area contributed by atoms with Crippen molar-refractivity contribution >= 4 is 27.9 Å². The Morgan fingerprint density at radius 2 is 1.62 bits per heavy atom. The lowest BCUT2D eigenvalue weighted by Crippen LogP contribution is -1.88. The molecule has 2 aromatic heterocycles. The van der Waals surface area contributed by atoms with Crippen molar-refractivity contribution in [3.63, 3.8) is 0 Å². The molecule has 0 atom stereocenters. The van der Waals surface area contributed by atoms with Gasteiger partial charge in [0.05, 0.1) is 4.92 Å². The first-order chi connectivity index (χ1) is 10.3. The van der Waals surface area contributed by atoms with Crippen LogP contribution in [0.25, 0.3) is 22.2 Å². The van der Waals surface area contributed by atoms with Gasteiger partial charge in [-0.3, -0.25) is 10.1 Å². The number of rotatable bonds is 1. The molecule has 4 aromatic rings. The second-order valence-electron chi connectivity index (χ2n) is 3.89. The van der Waals surface area contributed by atoms with Crippen LogP contribution in [0.15, 0.2) is 51.5 Å². The van der Waals surface area contributed by atoms with Gasteiger partial charge in [-0.25, -0.2) is 0 Å². The van der Waals surface area contributed by atoms with Crippen molar-refractivity contribution in [2.24, 2.45) is 0 Å². The SMILES string of the molecule is O=[N+]([O-])c1cccc2onnc12.c1ccc2onnc2c1. The van der Waals surface area contributed by atoms with Crippen LogP contribution in [0.3, 0.4) is 0 Å². The monoisotopic (exact) mass is 285 g/mol. The molecular formula is C12H7N5O4. The maximum atomic E-state index is 10.4. The molecule has 0 radical (unpaired) electrons. The minimum Gasteiger partial charge on any atom is -0.337 e. The summed E-state index contributed by atoms with van der Waals surface area (Å²) in [4.78, 5) is 9.89. The van der Waals surface area contributed by atoms with E-state index in [1.807, 2.05) is 24.3 Å². The minimum atomic E-state index is -0.521. The number of hydrogen-bond acceptors (Lipinski definition) is 8. The second-order valence-corrected chi connectivity index (χ2v) is 3.89. The average Bonchev–Trinajstić information content (AvgIpc) is 3.16. The highest BCUT2D eigenvalue weighted by Gasteiger charge is 2.14. The molecule has 0 N–H and O–H groups in total. The summed E-state index contributed by atoms with van der Waals surface area (Å²) in [6.07, 6.45) is 0. The van der Waals surface area contributed by atoms with Crippen molar-refractivity contribution in [1.82, 2.24) is 20.7 Å². The number of hydrogen-bond donors (Lipinski definition) is 0. The van der Waals surface area contributed by atoms with Crippen molar-refractivity contribution in [2.45, 2.75) is 0 Å². The summed E-state index contributed by atoms with van der Waals surface area (Å²) < 4.78 is 9.40. The Bertz CT molecular complexity index is 870.